The Morgan fingerprint density at radius 3 is 0.429 bits per heavy atom. The molecule has 0 aromatic rings. The third-order valence-corrected chi connectivity index (χ3v) is 0. The van der Waals surface area contributed by atoms with Gasteiger partial charge in [-0.25, -0.2) is 0 Å². The molecule has 7 heavy (non-hydrogen) atoms. The van der Waals surface area contributed by atoms with Gasteiger partial charge >= 0.3 is 40.4 Å². The number of hydrogen-bond acceptors (Lipinski definition) is 5. The van der Waals surface area contributed by atoms with Gasteiger partial charge in [0, 0.05) is 0 Å². The predicted molar refractivity (Wildman–Crippen MR) is 15.4 cm³/mol. The Balaban J connectivity index is 0. The van der Waals surface area contributed by atoms with E-state index in [0.29, 0.717) is 0 Å². The van der Waals surface area contributed by atoms with Crippen molar-refractivity contribution in [3.63, 3.8) is 0 Å². The Bertz CT molecular complexity index is 8.04. The summed E-state index contributed by atoms with van der Waals surface area (Å²) in [4.78, 5) is 0. The third-order valence-electron chi connectivity index (χ3n) is 0. The van der Waals surface area contributed by atoms with Gasteiger partial charge in [0.1, 0.15) is 0 Å². The molecule has 0 aliphatic heterocycles. The first-order valence-electron chi connectivity index (χ1n) is 0. The Labute approximate surface area is 67.9 Å². The van der Waals surface area contributed by atoms with Gasteiger partial charge in [-0.05, 0) is 0 Å². The molecular weight excluding hydrogens is 156 g/mol. The Morgan fingerprint density at radius 1 is 0.429 bits per heavy atom. The van der Waals surface area contributed by atoms with Crippen molar-refractivity contribution >= 4 is 23.1 Å². The van der Waals surface area contributed by atoms with Crippen molar-refractivity contribution in [1.29, 1.82) is 0 Å². The second-order valence-electron chi connectivity index (χ2n) is 0. The molecule has 0 fully saturated rings. The molecule has 0 atom stereocenters. The number of hydrogen-bond donors (Lipinski definition) is 0. The van der Waals surface area contributed by atoms with Gasteiger partial charge in [-0.3, -0.25) is 0 Å². The zero-order valence-electron chi connectivity index (χ0n) is 3.35. The van der Waals surface area contributed by atoms with E-state index in [0.717, 1.165) is 0 Å². The Morgan fingerprint density at radius 2 is 0.429 bits per heavy atom. The van der Waals surface area contributed by atoms with Crippen LogP contribution >= 0.6 is 0 Å². The molecule has 0 amide bonds. The molecule has 0 aliphatic rings. The van der Waals surface area contributed by atoms with Gasteiger partial charge in [0.2, 0.25) is 0 Å². The summed E-state index contributed by atoms with van der Waals surface area (Å²) >= 11 is 0. The minimum Gasteiger partial charge on any atom is -0.870 e. The van der Waals surface area contributed by atoms with Gasteiger partial charge in [-0.15, -0.1) is 0 Å². The van der Waals surface area contributed by atoms with E-state index in [1.165, 1.54) is 0 Å². The molecular formula is H5CrMgO5. The maximum Gasteiger partial charge on any atom is 3.00 e. The first-order chi connectivity index (χ1) is 0. The van der Waals surface area contributed by atoms with E-state index in [4.69, 9.17) is 0 Å². The number of rotatable bonds is 0. The fourth-order valence-corrected chi connectivity index (χ4v) is 0. The third kappa shape index (κ3) is 153. The first-order valence-corrected chi connectivity index (χ1v) is 0. The molecule has 7 heteroatoms. The normalized spacial score (nSPS) is 0. The second kappa shape index (κ2) is 219. The van der Waals surface area contributed by atoms with Crippen LogP contribution in [0.2, 0.25) is 0 Å². The minimum atomic E-state index is 0. The van der Waals surface area contributed by atoms with E-state index < -0.39 is 0 Å². The van der Waals surface area contributed by atoms with Crippen LogP contribution in [0.25, 0.3) is 0 Å². The largest absolute Gasteiger partial charge is 3.00 e. The van der Waals surface area contributed by atoms with Crippen LogP contribution in [0.4, 0.5) is 0 Å². The van der Waals surface area contributed by atoms with Gasteiger partial charge in [0.25, 0.3) is 0 Å². The topological polar surface area (TPSA) is 150 Å². The van der Waals surface area contributed by atoms with Crippen molar-refractivity contribution in [2.45, 2.75) is 0 Å². The Kier molecular flexibility index (Phi) is 10600. The van der Waals surface area contributed by atoms with Gasteiger partial charge < -0.3 is 27.4 Å². The van der Waals surface area contributed by atoms with Crippen LogP contribution in [0.1, 0.15) is 0 Å². The first kappa shape index (κ1) is 338. The quantitative estimate of drug-likeness (QED) is 0.406. The van der Waals surface area contributed by atoms with E-state index in [2.05, 4.69) is 0 Å². The van der Waals surface area contributed by atoms with E-state index >= 15 is 0 Å². The summed E-state index contributed by atoms with van der Waals surface area (Å²) in [5, 5.41) is 0. The molecule has 0 aliphatic carbocycles. The van der Waals surface area contributed by atoms with Crippen LogP contribution in [0.5, 0.6) is 0 Å². The maximum absolute atomic E-state index is 0. The van der Waals surface area contributed by atoms with Crippen molar-refractivity contribution in [2.24, 2.45) is 0 Å². The van der Waals surface area contributed by atoms with Crippen LogP contribution in [0.3, 0.4) is 0 Å². The molecule has 0 bridgehead atoms. The average molecular weight is 161 g/mol. The molecule has 0 aromatic heterocycles. The predicted octanol–water partition coefficient (Wildman–Crippen LogP) is -1.27. The standard InChI is InChI=1S/Cr.Mg.5H2O/h;;5*1H2/q+3;+2;;;;;/p-5. The van der Waals surface area contributed by atoms with Crippen LogP contribution in [-0.2, 0) is 17.4 Å². The van der Waals surface area contributed by atoms with Crippen molar-refractivity contribution in [1.82, 2.24) is 0 Å². The van der Waals surface area contributed by atoms with Gasteiger partial charge in [0.05, 0.1) is 0 Å². The van der Waals surface area contributed by atoms with Crippen LogP contribution in [0.15, 0.2) is 0 Å². The molecule has 0 rings (SSSR count). The van der Waals surface area contributed by atoms with Gasteiger partial charge in [0.15, 0.2) is 0 Å². The second-order valence-corrected chi connectivity index (χ2v) is 0. The summed E-state index contributed by atoms with van der Waals surface area (Å²) in [6, 6.07) is 0. The van der Waals surface area contributed by atoms with Crippen LogP contribution in [0, 0.1) is 0 Å². The Hall–Kier alpha value is 1.10. The van der Waals surface area contributed by atoms with E-state index in [9.17, 15) is 0 Å². The van der Waals surface area contributed by atoms with Crippen molar-refractivity contribution in [3.05, 3.63) is 0 Å². The van der Waals surface area contributed by atoms with E-state index in [-0.39, 0.29) is 67.8 Å². The molecule has 5 nitrogen and oxygen atoms in total. The fraction of sp³-hybridized carbons (Fsp3) is 0. The summed E-state index contributed by atoms with van der Waals surface area (Å²) in [5.41, 5.74) is 0. The van der Waals surface area contributed by atoms with Gasteiger partial charge in [-0.2, -0.15) is 0 Å². The van der Waals surface area contributed by atoms with Crippen molar-refractivity contribution in [2.75, 3.05) is 0 Å². The zero-order valence-corrected chi connectivity index (χ0v) is 6.04. The molecule has 0 unspecified atom stereocenters. The van der Waals surface area contributed by atoms with Crippen LogP contribution in [-0.4, -0.2) is 50.4 Å². The van der Waals surface area contributed by atoms with Crippen molar-refractivity contribution < 1.29 is 44.7 Å². The monoisotopic (exact) mass is 161 g/mol. The maximum atomic E-state index is 0. The van der Waals surface area contributed by atoms with Gasteiger partial charge in [-0.1, -0.05) is 0 Å². The average Bonchev–Trinajstić information content (AvgIpc) is 0. The zero-order chi connectivity index (χ0) is 0. The summed E-state index contributed by atoms with van der Waals surface area (Å²) in [6.07, 6.45) is 0. The molecule has 0 saturated heterocycles. The van der Waals surface area contributed by atoms with Crippen molar-refractivity contribution in [3.8, 4) is 0 Å². The minimum absolute atomic E-state index is 0. The van der Waals surface area contributed by atoms with Crippen LogP contribution < -0.4 is 0 Å². The SMILES string of the molecule is [Cr+3].[Mg+2].[OH-].[OH-].[OH-].[OH-].[OH-]. The molecule has 43 valence electrons. The summed E-state index contributed by atoms with van der Waals surface area (Å²) < 4.78 is 0. The smallest absolute Gasteiger partial charge is 0.870 e. The summed E-state index contributed by atoms with van der Waals surface area (Å²) in [6.45, 7) is 0. The molecule has 0 aromatic carbocycles. The summed E-state index contributed by atoms with van der Waals surface area (Å²) in [7, 11) is 0. The van der Waals surface area contributed by atoms with E-state index in [1.54, 1.807) is 0 Å². The fourth-order valence-electron chi connectivity index (χ4n) is 0. The molecule has 5 N–H and O–H groups in total. The molecule has 1 radical (unpaired) electrons. The molecule has 0 spiro atoms. The molecule has 0 heterocycles. The van der Waals surface area contributed by atoms with E-state index in [1.807, 2.05) is 0 Å². The summed E-state index contributed by atoms with van der Waals surface area (Å²) in [5.74, 6) is 0. The molecule has 0 saturated carbocycles.